The average molecular weight is 781 g/mol. The number of benzene rings is 8. The zero-order valence-electron chi connectivity index (χ0n) is 34.5. The second-order valence-electron chi connectivity index (χ2n) is 16.2. The van der Waals surface area contributed by atoms with E-state index >= 15 is 0 Å². The van der Waals surface area contributed by atoms with E-state index < -0.39 is 0 Å². The molecule has 0 unspecified atom stereocenters. The molecule has 60 heavy (non-hydrogen) atoms. The van der Waals surface area contributed by atoms with Crippen LogP contribution in [0.1, 0.15) is 31.9 Å². The Morgan fingerprint density at radius 1 is 0.567 bits per heavy atom. The second kappa shape index (κ2) is 16.5. The summed E-state index contributed by atoms with van der Waals surface area (Å²) < 4.78 is 9.01. The van der Waals surface area contributed by atoms with Gasteiger partial charge in [0.15, 0.2) is 0 Å². The predicted molar refractivity (Wildman–Crippen MR) is 251 cm³/mol. The van der Waals surface area contributed by atoms with Crippen molar-refractivity contribution in [3.05, 3.63) is 211 Å². The maximum atomic E-state index is 6.86. The lowest BCUT2D eigenvalue weighted by molar-refractivity contribution is 0.437. The quantitative estimate of drug-likeness (QED) is 0.133. The molecule has 0 aliphatic heterocycles. The largest absolute Gasteiger partial charge is 0.425 e. The summed E-state index contributed by atoms with van der Waals surface area (Å²) >= 11 is 0. The van der Waals surface area contributed by atoms with Gasteiger partial charge >= 0.3 is 6.01 Å². The maximum Gasteiger partial charge on any atom is 0.307 e. The van der Waals surface area contributed by atoms with Crippen molar-refractivity contribution in [2.24, 2.45) is 0 Å². The molecule has 0 atom stereocenters. The minimum atomic E-state index is 0.101. The predicted octanol–water partition coefficient (Wildman–Crippen LogP) is 14.6. The number of imidazole rings is 1. The van der Waals surface area contributed by atoms with E-state index in [0.29, 0.717) is 18.4 Å². The Morgan fingerprint density at radius 3 is 1.90 bits per heavy atom. The van der Waals surface area contributed by atoms with Gasteiger partial charge in [0, 0.05) is 34.3 Å². The first-order chi connectivity index (χ1) is 29.3. The summed E-state index contributed by atoms with van der Waals surface area (Å²) in [6, 6.07) is 70.6. The number of nitrogens with zero attached hydrogens (tertiary/aromatic N) is 3. The molecule has 0 aliphatic carbocycles. The molecule has 9 aromatic rings. The van der Waals surface area contributed by atoms with Crippen LogP contribution in [-0.2, 0) is 5.41 Å². The zero-order chi connectivity index (χ0) is 41.1. The van der Waals surface area contributed by atoms with Crippen molar-refractivity contribution >= 4 is 28.1 Å². The van der Waals surface area contributed by atoms with Gasteiger partial charge in [0.2, 0.25) is 0 Å². The van der Waals surface area contributed by atoms with Crippen molar-refractivity contribution in [2.45, 2.75) is 33.1 Å². The van der Waals surface area contributed by atoms with Crippen LogP contribution in [0.2, 0.25) is 0 Å². The first-order valence-electron chi connectivity index (χ1n) is 20.6. The van der Waals surface area contributed by atoms with Crippen LogP contribution in [0.4, 0.5) is 17.1 Å². The molecule has 0 fully saturated rings. The van der Waals surface area contributed by atoms with Crippen LogP contribution in [0, 0.1) is 6.92 Å². The van der Waals surface area contributed by atoms with Crippen LogP contribution in [0.3, 0.4) is 0 Å². The van der Waals surface area contributed by atoms with Gasteiger partial charge in [-0.2, -0.15) is 4.98 Å². The summed E-state index contributed by atoms with van der Waals surface area (Å²) in [5.41, 5.74) is 15.3. The molecule has 9 rings (SSSR count). The number of anilines is 3. The highest BCUT2D eigenvalue weighted by Gasteiger charge is 2.21. The molecule has 0 aliphatic rings. The molecule has 0 radical (unpaired) electrons. The van der Waals surface area contributed by atoms with E-state index in [1.165, 1.54) is 22.3 Å². The molecule has 294 valence electrons. The SMILES string of the molecule is Cc1ccc(-c2ccc(C(C)(C)C)cc2)cc1N(CNc1cccc(Oc2nc3c(-c4ccccc4)cccc3n2-c2ccccc2-c2ccccc2)c1)c1ccccc1. The van der Waals surface area contributed by atoms with Gasteiger partial charge < -0.3 is 15.0 Å². The Hall–Kier alpha value is -7.37. The monoisotopic (exact) mass is 780 g/mol. The Balaban J connectivity index is 1.06. The third-order valence-corrected chi connectivity index (χ3v) is 11.1. The van der Waals surface area contributed by atoms with Crippen molar-refractivity contribution in [1.82, 2.24) is 9.55 Å². The minimum absolute atomic E-state index is 0.101. The smallest absolute Gasteiger partial charge is 0.307 e. The van der Waals surface area contributed by atoms with Crippen LogP contribution < -0.4 is 15.0 Å². The highest BCUT2D eigenvalue weighted by molar-refractivity contribution is 5.95. The van der Waals surface area contributed by atoms with Gasteiger partial charge in [-0.25, -0.2) is 0 Å². The summed E-state index contributed by atoms with van der Waals surface area (Å²) in [4.78, 5) is 7.58. The molecule has 8 aromatic carbocycles. The fourth-order valence-corrected chi connectivity index (χ4v) is 7.87. The topological polar surface area (TPSA) is 42.3 Å². The molecule has 0 saturated carbocycles. The van der Waals surface area contributed by atoms with E-state index in [9.17, 15) is 0 Å². The Kier molecular flexibility index (Phi) is 10.5. The number of para-hydroxylation sites is 3. The van der Waals surface area contributed by atoms with E-state index in [0.717, 1.165) is 56.0 Å². The van der Waals surface area contributed by atoms with Gasteiger partial charge in [0.1, 0.15) is 11.3 Å². The van der Waals surface area contributed by atoms with Gasteiger partial charge in [-0.05, 0) is 88.2 Å². The van der Waals surface area contributed by atoms with E-state index in [1.54, 1.807) is 0 Å². The Labute approximate surface area is 353 Å². The average Bonchev–Trinajstić information content (AvgIpc) is 3.65. The van der Waals surface area contributed by atoms with Crippen molar-refractivity contribution in [2.75, 3.05) is 16.9 Å². The highest BCUT2D eigenvalue weighted by Crippen LogP contribution is 2.39. The molecule has 0 amide bonds. The molecular formula is C55H48N4O. The summed E-state index contributed by atoms with van der Waals surface area (Å²) in [5, 5.41) is 3.73. The van der Waals surface area contributed by atoms with Gasteiger partial charge in [0.05, 0.1) is 17.9 Å². The summed E-state index contributed by atoms with van der Waals surface area (Å²) in [5.74, 6) is 0.679. The molecule has 5 nitrogen and oxygen atoms in total. The summed E-state index contributed by atoms with van der Waals surface area (Å²) in [6.45, 7) is 9.47. The third-order valence-electron chi connectivity index (χ3n) is 11.1. The molecule has 1 heterocycles. The molecule has 0 bridgehead atoms. The first kappa shape index (κ1) is 38.2. The molecule has 1 N–H and O–H groups in total. The van der Waals surface area contributed by atoms with Crippen LogP contribution in [0.15, 0.2) is 200 Å². The summed E-state index contributed by atoms with van der Waals surface area (Å²) in [6.07, 6.45) is 0. The standard InChI is InChI=1S/C55H48N4O/c1-39-30-31-43(40-32-34-44(35-33-40)55(2,3)4)36-52(39)58(46-23-12-7-13-24-46)38-56-45-22-16-25-47(37-45)60-54-57-53-49(42-20-10-6-11-21-42)27-17-29-51(53)59(54)50-28-15-14-26-48(50)41-18-8-5-9-19-41/h5-37,56H,38H2,1-4H3. The van der Waals surface area contributed by atoms with Crippen LogP contribution in [0.5, 0.6) is 11.8 Å². The number of fused-ring (bicyclic) bond motifs is 1. The summed E-state index contributed by atoms with van der Waals surface area (Å²) in [7, 11) is 0. The number of ether oxygens (including phenoxy) is 1. The fraction of sp³-hybridized carbons (Fsp3) is 0.109. The lowest BCUT2D eigenvalue weighted by atomic mass is 9.86. The number of hydrogen-bond donors (Lipinski definition) is 1. The molecule has 5 heteroatoms. The maximum absolute atomic E-state index is 6.86. The molecular weight excluding hydrogens is 733 g/mol. The van der Waals surface area contributed by atoms with Gasteiger partial charge in [-0.15, -0.1) is 0 Å². The number of aryl methyl sites for hydroxylation is 1. The van der Waals surface area contributed by atoms with Crippen molar-refractivity contribution in [1.29, 1.82) is 0 Å². The molecule has 1 aromatic heterocycles. The third kappa shape index (κ3) is 7.90. The number of nitrogens with one attached hydrogen (secondary N) is 1. The number of rotatable bonds is 11. The van der Waals surface area contributed by atoms with Crippen molar-refractivity contribution < 1.29 is 4.74 Å². The van der Waals surface area contributed by atoms with E-state index in [1.807, 2.05) is 30.3 Å². The van der Waals surface area contributed by atoms with Crippen LogP contribution in [0.25, 0.3) is 50.1 Å². The Morgan fingerprint density at radius 2 is 1.18 bits per heavy atom. The van der Waals surface area contributed by atoms with E-state index in [-0.39, 0.29) is 5.41 Å². The van der Waals surface area contributed by atoms with Crippen molar-refractivity contribution in [3.8, 4) is 50.8 Å². The number of aromatic nitrogens is 2. The van der Waals surface area contributed by atoms with Crippen LogP contribution in [-0.4, -0.2) is 16.2 Å². The van der Waals surface area contributed by atoms with E-state index in [4.69, 9.17) is 9.72 Å². The fourth-order valence-electron chi connectivity index (χ4n) is 7.87. The normalized spacial score (nSPS) is 11.4. The first-order valence-corrected chi connectivity index (χ1v) is 20.6. The number of hydrogen-bond acceptors (Lipinski definition) is 4. The van der Waals surface area contributed by atoms with Gasteiger partial charge in [0.25, 0.3) is 0 Å². The zero-order valence-corrected chi connectivity index (χ0v) is 34.5. The second-order valence-corrected chi connectivity index (χ2v) is 16.2. The van der Waals surface area contributed by atoms with Gasteiger partial charge in [-0.1, -0.05) is 172 Å². The Bertz CT molecular complexity index is 2880. The lowest BCUT2D eigenvalue weighted by Gasteiger charge is -2.28. The van der Waals surface area contributed by atoms with Crippen molar-refractivity contribution in [3.63, 3.8) is 0 Å². The molecule has 0 saturated heterocycles. The molecule has 0 spiro atoms. The van der Waals surface area contributed by atoms with E-state index in [2.05, 4.69) is 212 Å². The minimum Gasteiger partial charge on any atom is -0.425 e. The van der Waals surface area contributed by atoms with Crippen LogP contribution >= 0.6 is 0 Å². The van der Waals surface area contributed by atoms with Gasteiger partial charge in [-0.3, -0.25) is 4.57 Å². The lowest BCUT2D eigenvalue weighted by Crippen LogP contribution is -2.25. The highest BCUT2D eigenvalue weighted by atomic mass is 16.5.